The number of carboxylic acids is 1. The summed E-state index contributed by atoms with van der Waals surface area (Å²) in [5.74, 6) is -0.320. The Balaban J connectivity index is 2.08. The van der Waals surface area contributed by atoms with Crippen molar-refractivity contribution < 1.29 is 19.8 Å². The first-order valence-corrected chi connectivity index (χ1v) is 8.44. The summed E-state index contributed by atoms with van der Waals surface area (Å²) in [7, 11) is 0. The van der Waals surface area contributed by atoms with Crippen molar-refractivity contribution in [2.75, 3.05) is 19.6 Å². The molecule has 0 aliphatic carbocycles. The van der Waals surface area contributed by atoms with Crippen LogP contribution in [0.2, 0.25) is 0 Å². The molecule has 1 aliphatic rings. The van der Waals surface area contributed by atoms with E-state index >= 15 is 0 Å². The minimum absolute atomic E-state index is 0.268. The summed E-state index contributed by atoms with van der Waals surface area (Å²) in [6, 6.07) is 0. The second kappa shape index (κ2) is 9.90. The normalized spacial score (nSPS) is 21.5. The van der Waals surface area contributed by atoms with Gasteiger partial charge in [-0.3, -0.25) is 0 Å². The molecule has 5 nitrogen and oxygen atoms in total. The number of rotatable bonds is 12. The summed E-state index contributed by atoms with van der Waals surface area (Å²) in [5, 5.41) is 19.1. The van der Waals surface area contributed by atoms with Gasteiger partial charge >= 0.3 is 5.97 Å². The van der Waals surface area contributed by atoms with Crippen LogP contribution in [0.1, 0.15) is 71.1 Å². The van der Waals surface area contributed by atoms with Gasteiger partial charge in [0.05, 0.1) is 6.54 Å². The van der Waals surface area contributed by atoms with Gasteiger partial charge < -0.3 is 5.11 Å². The van der Waals surface area contributed by atoms with Crippen LogP contribution in [0.25, 0.3) is 0 Å². The molecule has 1 rings (SSSR count). The van der Waals surface area contributed by atoms with Crippen LogP contribution in [0.4, 0.5) is 0 Å². The topological polar surface area (TPSA) is 69.9 Å². The Labute approximate surface area is 128 Å². The second-order valence-electron chi connectivity index (χ2n) is 6.07. The highest BCUT2D eigenvalue weighted by atomic mass is 16.6. The number of amidine groups is 1. The smallest absolute Gasteiger partial charge is 0.362 e. The second-order valence-corrected chi connectivity index (χ2v) is 6.07. The molecule has 0 fully saturated rings. The van der Waals surface area contributed by atoms with Crippen molar-refractivity contribution in [2.45, 2.75) is 71.1 Å². The van der Waals surface area contributed by atoms with Crippen LogP contribution in [-0.2, 0) is 4.79 Å². The molecule has 1 aliphatic heterocycles. The van der Waals surface area contributed by atoms with Crippen LogP contribution in [0, 0.1) is 0 Å². The molecule has 1 heterocycles. The average Bonchev–Trinajstić information content (AvgIpc) is 2.77. The van der Waals surface area contributed by atoms with Crippen LogP contribution >= 0.6 is 0 Å². The first-order valence-electron chi connectivity index (χ1n) is 8.44. The SMILES string of the molecule is CCCCCCCCCCCC1=NCC[N+]1(O)CC(=O)O. The molecule has 0 aromatic carbocycles. The van der Waals surface area contributed by atoms with Gasteiger partial charge in [0.2, 0.25) is 12.4 Å². The molecule has 0 aromatic rings. The van der Waals surface area contributed by atoms with Crippen LogP contribution < -0.4 is 0 Å². The van der Waals surface area contributed by atoms with E-state index in [1.807, 2.05) is 0 Å². The third kappa shape index (κ3) is 7.05. The van der Waals surface area contributed by atoms with E-state index in [0.717, 1.165) is 19.3 Å². The minimum atomic E-state index is -0.973. The molecule has 21 heavy (non-hydrogen) atoms. The van der Waals surface area contributed by atoms with Gasteiger partial charge in [-0.2, -0.15) is 0 Å². The maximum Gasteiger partial charge on any atom is 0.362 e. The monoisotopic (exact) mass is 299 g/mol. The average molecular weight is 299 g/mol. The zero-order chi connectivity index (χ0) is 15.6. The van der Waals surface area contributed by atoms with Crippen LogP contribution in [0.15, 0.2) is 4.99 Å². The molecule has 0 saturated heterocycles. The predicted molar refractivity (Wildman–Crippen MR) is 83.6 cm³/mol. The molecule has 122 valence electrons. The third-order valence-corrected chi connectivity index (χ3v) is 4.15. The number of aliphatic imine (C=N–C) groups is 1. The molecule has 1 atom stereocenters. The van der Waals surface area contributed by atoms with Gasteiger partial charge in [0.25, 0.3) is 0 Å². The van der Waals surface area contributed by atoms with E-state index in [-0.39, 0.29) is 6.54 Å². The fourth-order valence-corrected chi connectivity index (χ4v) is 2.88. The number of carboxylic acid groups (broad SMARTS) is 1. The van der Waals surface area contributed by atoms with E-state index in [9.17, 15) is 10.0 Å². The van der Waals surface area contributed by atoms with E-state index in [4.69, 9.17) is 5.11 Å². The lowest BCUT2D eigenvalue weighted by Crippen LogP contribution is -2.50. The Morgan fingerprint density at radius 1 is 1.10 bits per heavy atom. The molecule has 0 spiro atoms. The van der Waals surface area contributed by atoms with Gasteiger partial charge in [0, 0.05) is 6.42 Å². The number of unbranched alkanes of at least 4 members (excludes halogenated alkanes) is 8. The van der Waals surface area contributed by atoms with Gasteiger partial charge in [0.15, 0.2) is 0 Å². The first-order chi connectivity index (χ1) is 10.1. The largest absolute Gasteiger partial charge is 0.477 e. The van der Waals surface area contributed by atoms with Crippen molar-refractivity contribution in [1.82, 2.24) is 0 Å². The Hall–Kier alpha value is -0.940. The van der Waals surface area contributed by atoms with Crippen LogP contribution in [0.5, 0.6) is 0 Å². The molecule has 1 unspecified atom stereocenters. The highest BCUT2D eigenvalue weighted by molar-refractivity contribution is 5.79. The highest BCUT2D eigenvalue weighted by Crippen LogP contribution is 2.17. The zero-order valence-electron chi connectivity index (χ0n) is 13.4. The third-order valence-electron chi connectivity index (χ3n) is 4.15. The quantitative estimate of drug-likeness (QED) is 0.427. The van der Waals surface area contributed by atoms with Gasteiger partial charge in [-0.25, -0.2) is 15.0 Å². The van der Waals surface area contributed by atoms with E-state index in [1.165, 1.54) is 44.9 Å². The lowest BCUT2D eigenvalue weighted by molar-refractivity contribution is -1.02. The van der Waals surface area contributed by atoms with Gasteiger partial charge in [-0.05, 0) is 6.42 Å². The maximum absolute atomic E-state index is 10.8. The van der Waals surface area contributed by atoms with Gasteiger partial charge in [0.1, 0.15) is 6.54 Å². The number of hydroxylamine groups is 3. The van der Waals surface area contributed by atoms with Crippen molar-refractivity contribution >= 4 is 11.8 Å². The van der Waals surface area contributed by atoms with E-state index in [1.54, 1.807) is 0 Å². The maximum atomic E-state index is 10.8. The van der Waals surface area contributed by atoms with E-state index in [2.05, 4.69) is 11.9 Å². The molecular formula is C16H31N2O3+. The number of aliphatic carboxylic acids is 1. The number of nitrogens with zero attached hydrogens (tertiary/aromatic N) is 2. The lowest BCUT2D eigenvalue weighted by atomic mass is 10.1. The van der Waals surface area contributed by atoms with Crippen molar-refractivity contribution in [2.24, 2.45) is 4.99 Å². The number of hydrogen-bond donors (Lipinski definition) is 2. The Morgan fingerprint density at radius 3 is 2.24 bits per heavy atom. The molecule has 0 aromatic heterocycles. The lowest BCUT2D eigenvalue weighted by Gasteiger charge is -2.23. The van der Waals surface area contributed by atoms with Gasteiger partial charge in [-0.1, -0.05) is 58.3 Å². The molecule has 0 amide bonds. The number of carbonyl (C=O) groups is 1. The molecule has 5 heteroatoms. The number of quaternary nitrogens is 1. The molecule has 0 radical (unpaired) electrons. The summed E-state index contributed by atoms with van der Waals surface area (Å²) in [4.78, 5) is 15.1. The summed E-state index contributed by atoms with van der Waals surface area (Å²) >= 11 is 0. The van der Waals surface area contributed by atoms with Crippen molar-refractivity contribution in [3.8, 4) is 0 Å². The van der Waals surface area contributed by atoms with Crippen molar-refractivity contribution in [1.29, 1.82) is 0 Å². The predicted octanol–water partition coefficient (Wildman–Crippen LogP) is 3.61. The zero-order valence-corrected chi connectivity index (χ0v) is 13.4. The Morgan fingerprint density at radius 2 is 1.67 bits per heavy atom. The summed E-state index contributed by atoms with van der Waals surface area (Å²) < 4.78 is -0.480. The molecule has 2 N–H and O–H groups in total. The Kier molecular flexibility index (Phi) is 8.54. The fraction of sp³-hybridized carbons (Fsp3) is 0.875. The molecule has 0 bridgehead atoms. The number of hydrogen-bond acceptors (Lipinski definition) is 3. The van der Waals surface area contributed by atoms with Crippen molar-refractivity contribution in [3.63, 3.8) is 0 Å². The summed E-state index contributed by atoms with van der Waals surface area (Å²) in [6.45, 7) is 2.90. The summed E-state index contributed by atoms with van der Waals surface area (Å²) in [6.07, 6.45) is 12.0. The highest BCUT2D eigenvalue weighted by Gasteiger charge is 2.39. The van der Waals surface area contributed by atoms with Crippen LogP contribution in [0.3, 0.4) is 0 Å². The fourth-order valence-electron chi connectivity index (χ4n) is 2.88. The van der Waals surface area contributed by atoms with Crippen LogP contribution in [-0.4, -0.2) is 46.4 Å². The standard InChI is InChI=1S/C16H30N2O3/c1-2-3-4-5-6-7-8-9-10-11-15-17-12-13-18(15,21)14-16(19)20/h21H,2-14H2,1H3/p+1. The molecular weight excluding hydrogens is 268 g/mol. The Bertz CT molecular complexity index is 344. The first kappa shape index (κ1) is 18.1. The molecule has 0 saturated carbocycles. The minimum Gasteiger partial charge on any atom is -0.477 e. The van der Waals surface area contributed by atoms with E-state index in [0.29, 0.717) is 18.9 Å². The van der Waals surface area contributed by atoms with E-state index < -0.39 is 10.6 Å². The van der Waals surface area contributed by atoms with Gasteiger partial charge in [-0.15, -0.1) is 4.65 Å². The summed E-state index contributed by atoms with van der Waals surface area (Å²) in [5.41, 5.74) is 0. The van der Waals surface area contributed by atoms with Crippen molar-refractivity contribution in [3.05, 3.63) is 0 Å².